The maximum atomic E-state index is 5.96. The summed E-state index contributed by atoms with van der Waals surface area (Å²) in [7, 11) is 0. The van der Waals surface area contributed by atoms with E-state index in [2.05, 4.69) is 13.8 Å². The Balaban J connectivity index is 2.86. The van der Waals surface area contributed by atoms with E-state index in [1.54, 1.807) is 5.01 Å². The molecule has 0 aliphatic heterocycles. The molecule has 0 spiro atoms. The van der Waals surface area contributed by atoms with Gasteiger partial charge in [0.15, 0.2) is 5.11 Å². The number of hydrazone groups is 1. The molecule has 0 aliphatic carbocycles. The molecule has 1 aromatic carbocycles. The first-order valence-corrected chi connectivity index (χ1v) is 8.77. The molecule has 1 rings (SSSR count). The molecule has 0 saturated heterocycles. The van der Waals surface area contributed by atoms with E-state index < -0.39 is 0 Å². The van der Waals surface area contributed by atoms with Gasteiger partial charge in [0, 0.05) is 11.6 Å². The highest BCUT2D eigenvalue weighted by Crippen LogP contribution is 2.14. The van der Waals surface area contributed by atoms with Gasteiger partial charge in [0.05, 0.1) is 5.71 Å². The fourth-order valence-corrected chi connectivity index (χ4v) is 2.43. The summed E-state index contributed by atoms with van der Waals surface area (Å²) in [6.45, 7) is 5.11. The molecule has 0 fully saturated rings. The van der Waals surface area contributed by atoms with Gasteiger partial charge in [-0.3, -0.25) is 0 Å². The molecule has 2 N–H and O–H groups in total. The van der Waals surface area contributed by atoms with Crippen LogP contribution in [0.25, 0.3) is 0 Å². The average Bonchev–Trinajstić information content (AvgIpc) is 2.50. The molecule has 3 nitrogen and oxygen atoms in total. The van der Waals surface area contributed by atoms with Gasteiger partial charge in [-0.25, -0.2) is 5.01 Å². The normalized spacial score (nSPS) is 11.5. The van der Waals surface area contributed by atoms with Gasteiger partial charge in [0.1, 0.15) is 0 Å². The summed E-state index contributed by atoms with van der Waals surface area (Å²) in [6, 6.07) is 7.75. The zero-order valence-electron chi connectivity index (χ0n) is 13.5. The molecule has 0 unspecified atom stereocenters. The van der Waals surface area contributed by atoms with E-state index in [0.717, 1.165) is 42.1 Å². The Morgan fingerprint density at radius 1 is 1.14 bits per heavy atom. The highest BCUT2D eigenvalue weighted by Gasteiger charge is 2.09. The van der Waals surface area contributed by atoms with Crippen molar-refractivity contribution in [3.05, 3.63) is 34.9 Å². The molecule has 0 saturated carbocycles. The van der Waals surface area contributed by atoms with Crippen LogP contribution in [0.2, 0.25) is 5.02 Å². The lowest BCUT2D eigenvalue weighted by Gasteiger charge is -2.19. The molecule has 0 heterocycles. The van der Waals surface area contributed by atoms with Crippen LogP contribution in [0.3, 0.4) is 0 Å². The largest absolute Gasteiger partial charge is 0.375 e. The molecule has 0 atom stereocenters. The van der Waals surface area contributed by atoms with Crippen LogP contribution < -0.4 is 5.73 Å². The van der Waals surface area contributed by atoms with Crippen LogP contribution in [-0.2, 0) is 0 Å². The van der Waals surface area contributed by atoms with Crippen LogP contribution in [0.5, 0.6) is 0 Å². The number of unbranched alkanes of at least 4 members (excludes halogenated alkanes) is 3. The molecule has 0 bridgehead atoms. The van der Waals surface area contributed by atoms with Crippen LogP contribution in [0, 0.1) is 0 Å². The molecule has 0 radical (unpaired) electrons. The molecule has 0 aromatic heterocycles. The highest BCUT2D eigenvalue weighted by molar-refractivity contribution is 7.80. The van der Waals surface area contributed by atoms with E-state index in [4.69, 9.17) is 34.7 Å². The molecular formula is C17H26ClN3S. The summed E-state index contributed by atoms with van der Waals surface area (Å²) >= 11 is 11.1. The number of halogens is 1. The number of hydrogen-bond acceptors (Lipinski definition) is 2. The Morgan fingerprint density at radius 2 is 1.82 bits per heavy atom. The molecular weight excluding hydrogens is 314 g/mol. The second-order valence-corrected chi connectivity index (χ2v) is 6.18. The Morgan fingerprint density at radius 3 is 2.36 bits per heavy atom. The second kappa shape index (κ2) is 10.6. The molecule has 0 aliphatic rings. The Hall–Kier alpha value is -1.13. The monoisotopic (exact) mass is 339 g/mol. The molecule has 122 valence electrons. The summed E-state index contributed by atoms with van der Waals surface area (Å²) in [6.07, 6.45) is 6.57. The topological polar surface area (TPSA) is 41.6 Å². The van der Waals surface area contributed by atoms with Gasteiger partial charge in [-0.1, -0.05) is 63.3 Å². The van der Waals surface area contributed by atoms with E-state index in [1.807, 2.05) is 24.3 Å². The fourth-order valence-electron chi connectivity index (χ4n) is 2.17. The summed E-state index contributed by atoms with van der Waals surface area (Å²) < 4.78 is 0. The quantitative estimate of drug-likeness (QED) is 0.299. The smallest absolute Gasteiger partial charge is 0.186 e. The van der Waals surface area contributed by atoms with Crippen LogP contribution in [-0.4, -0.2) is 22.4 Å². The third-order valence-corrected chi connectivity index (χ3v) is 3.85. The maximum absolute atomic E-state index is 5.96. The number of thiocarbonyl (C=S) groups is 1. The van der Waals surface area contributed by atoms with E-state index in [9.17, 15) is 0 Å². The Kier molecular flexibility index (Phi) is 9.09. The second-order valence-electron chi connectivity index (χ2n) is 5.33. The Labute approximate surface area is 144 Å². The van der Waals surface area contributed by atoms with Crippen LogP contribution in [0.4, 0.5) is 0 Å². The summed E-state index contributed by atoms with van der Waals surface area (Å²) in [5, 5.41) is 7.52. The highest BCUT2D eigenvalue weighted by atomic mass is 35.5. The number of benzene rings is 1. The number of rotatable bonds is 9. The maximum Gasteiger partial charge on any atom is 0.186 e. The third-order valence-electron chi connectivity index (χ3n) is 3.38. The number of hydrogen-bond donors (Lipinski definition) is 1. The predicted molar refractivity (Wildman–Crippen MR) is 101 cm³/mol. The van der Waals surface area contributed by atoms with Crippen LogP contribution in [0.1, 0.15) is 57.9 Å². The molecule has 22 heavy (non-hydrogen) atoms. The van der Waals surface area contributed by atoms with Gasteiger partial charge < -0.3 is 5.73 Å². The van der Waals surface area contributed by atoms with Gasteiger partial charge >= 0.3 is 0 Å². The summed E-state index contributed by atoms with van der Waals surface area (Å²) in [4.78, 5) is 0. The zero-order valence-corrected chi connectivity index (χ0v) is 15.1. The number of nitrogens with zero attached hydrogens (tertiary/aromatic N) is 2. The Bertz CT molecular complexity index is 485. The molecule has 0 amide bonds. The summed E-state index contributed by atoms with van der Waals surface area (Å²) in [5.41, 5.74) is 7.90. The molecule has 1 aromatic rings. The SMILES string of the molecule is CCCCCCN(/N=C(\CCC)c1ccc(Cl)cc1)C(N)=S. The van der Waals surface area contributed by atoms with Crippen molar-refractivity contribution in [2.45, 2.75) is 52.4 Å². The zero-order chi connectivity index (χ0) is 16.4. The van der Waals surface area contributed by atoms with E-state index in [-0.39, 0.29) is 0 Å². The first-order chi connectivity index (χ1) is 10.6. The van der Waals surface area contributed by atoms with Gasteiger partial charge in [-0.05, 0) is 42.8 Å². The fraction of sp³-hybridized carbons (Fsp3) is 0.529. The van der Waals surface area contributed by atoms with E-state index in [1.165, 1.54) is 19.3 Å². The van der Waals surface area contributed by atoms with Crippen molar-refractivity contribution in [1.29, 1.82) is 0 Å². The average molecular weight is 340 g/mol. The van der Waals surface area contributed by atoms with Gasteiger partial charge in [-0.2, -0.15) is 5.10 Å². The minimum Gasteiger partial charge on any atom is -0.375 e. The minimum absolute atomic E-state index is 0.332. The van der Waals surface area contributed by atoms with Crippen molar-refractivity contribution in [2.24, 2.45) is 10.8 Å². The predicted octanol–water partition coefficient (Wildman–Crippen LogP) is 4.97. The van der Waals surface area contributed by atoms with Crippen molar-refractivity contribution in [1.82, 2.24) is 5.01 Å². The third kappa shape index (κ3) is 6.75. The lowest BCUT2D eigenvalue weighted by atomic mass is 10.1. The van der Waals surface area contributed by atoms with Crippen molar-refractivity contribution < 1.29 is 0 Å². The molecule has 5 heteroatoms. The van der Waals surface area contributed by atoms with E-state index >= 15 is 0 Å². The lowest BCUT2D eigenvalue weighted by Crippen LogP contribution is -2.33. The van der Waals surface area contributed by atoms with Crippen molar-refractivity contribution in [2.75, 3.05) is 6.54 Å². The standard InChI is InChI=1S/C17H26ClN3S/c1-3-5-6-7-13-21(17(19)22)20-16(8-4-2)14-9-11-15(18)12-10-14/h9-12H,3-8,13H2,1-2H3,(H2,19,22)/b20-16+. The summed E-state index contributed by atoms with van der Waals surface area (Å²) in [5.74, 6) is 0. The van der Waals surface area contributed by atoms with Crippen molar-refractivity contribution in [3.8, 4) is 0 Å². The minimum atomic E-state index is 0.332. The number of nitrogens with two attached hydrogens (primary N) is 1. The van der Waals surface area contributed by atoms with Gasteiger partial charge in [0.2, 0.25) is 0 Å². The first kappa shape index (κ1) is 18.9. The van der Waals surface area contributed by atoms with Crippen molar-refractivity contribution in [3.63, 3.8) is 0 Å². The van der Waals surface area contributed by atoms with E-state index in [0.29, 0.717) is 5.11 Å². The first-order valence-electron chi connectivity index (χ1n) is 7.98. The van der Waals surface area contributed by atoms with Crippen LogP contribution >= 0.6 is 23.8 Å². The van der Waals surface area contributed by atoms with Gasteiger partial charge in [-0.15, -0.1) is 0 Å². The van der Waals surface area contributed by atoms with Gasteiger partial charge in [0.25, 0.3) is 0 Å². The van der Waals surface area contributed by atoms with Crippen molar-refractivity contribution >= 4 is 34.6 Å². The van der Waals surface area contributed by atoms with Crippen LogP contribution in [0.15, 0.2) is 29.4 Å². The lowest BCUT2D eigenvalue weighted by molar-refractivity contribution is 0.424.